The van der Waals surface area contributed by atoms with Gasteiger partial charge >= 0.3 is 0 Å². The van der Waals surface area contributed by atoms with Crippen molar-refractivity contribution in [2.45, 2.75) is 52.4 Å². The lowest BCUT2D eigenvalue weighted by molar-refractivity contribution is -0.129. The second-order valence-electron chi connectivity index (χ2n) is 5.05. The Morgan fingerprint density at radius 1 is 1.13 bits per heavy atom. The van der Waals surface area contributed by atoms with Crippen LogP contribution in [0.15, 0.2) is 11.1 Å². The Morgan fingerprint density at radius 3 is 2.67 bits per heavy atom. The molecule has 2 nitrogen and oxygen atoms in total. The van der Waals surface area contributed by atoms with Crippen LogP contribution in [-0.4, -0.2) is 12.5 Å². The average molecular weight is 207 g/mol. The van der Waals surface area contributed by atoms with Crippen LogP contribution in [0.25, 0.3) is 0 Å². The molecule has 1 atom stereocenters. The number of nitrogens with one attached hydrogen (secondary N) is 1. The summed E-state index contributed by atoms with van der Waals surface area (Å²) in [6.07, 6.45) is 6.80. The second kappa shape index (κ2) is 3.99. The van der Waals surface area contributed by atoms with Gasteiger partial charge in [0, 0.05) is 6.54 Å². The second-order valence-corrected chi connectivity index (χ2v) is 5.05. The maximum Gasteiger partial charge on any atom is 0.230 e. The van der Waals surface area contributed by atoms with E-state index < -0.39 is 0 Å². The van der Waals surface area contributed by atoms with Crippen LogP contribution < -0.4 is 5.32 Å². The van der Waals surface area contributed by atoms with Crippen LogP contribution in [0.2, 0.25) is 0 Å². The molecule has 2 rings (SSSR count). The first-order chi connectivity index (χ1) is 7.17. The Kier molecular flexibility index (Phi) is 2.85. The smallest absolute Gasteiger partial charge is 0.230 e. The summed E-state index contributed by atoms with van der Waals surface area (Å²) in [7, 11) is 0. The maximum absolute atomic E-state index is 12.2. The number of hydrogen-bond acceptors (Lipinski definition) is 1. The minimum Gasteiger partial charge on any atom is -0.355 e. The molecule has 1 N–H and O–H groups in total. The molecule has 0 unspecified atom stereocenters. The van der Waals surface area contributed by atoms with E-state index in [4.69, 9.17) is 0 Å². The molecule has 1 amide bonds. The Labute approximate surface area is 92.1 Å². The van der Waals surface area contributed by atoms with Crippen molar-refractivity contribution >= 4 is 5.91 Å². The van der Waals surface area contributed by atoms with Gasteiger partial charge < -0.3 is 5.32 Å². The van der Waals surface area contributed by atoms with Crippen LogP contribution in [0.4, 0.5) is 0 Å². The molecule has 1 aliphatic carbocycles. The van der Waals surface area contributed by atoms with Crippen molar-refractivity contribution < 1.29 is 4.79 Å². The minimum atomic E-state index is -0.140. The number of amides is 1. The zero-order chi connectivity index (χ0) is 10.9. The van der Waals surface area contributed by atoms with Gasteiger partial charge in [-0.3, -0.25) is 4.79 Å². The molecule has 15 heavy (non-hydrogen) atoms. The zero-order valence-electron chi connectivity index (χ0n) is 9.86. The molecule has 0 aromatic heterocycles. The molecule has 0 radical (unpaired) electrons. The van der Waals surface area contributed by atoms with E-state index in [1.807, 2.05) is 0 Å². The van der Waals surface area contributed by atoms with Crippen molar-refractivity contribution in [3.8, 4) is 0 Å². The summed E-state index contributed by atoms with van der Waals surface area (Å²) in [6, 6.07) is 0. The molecule has 2 heteroatoms. The number of carbonyl (C=O) groups excluding carboxylic acids is 1. The predicted molar refractivity (Wildman–Crippen MR) is 61.5 cm³/mol. The normalized spacial score (nSPS) is 32.8. The molecular formula is C13H21NO. The molecule has 0 aromatic carbocycles. The minimum absolute atomic E-state index is 0.140. The van der Waals surface area contributed by atoms with Gasteiger partial charge in [-0.15, -0.1) is 0 Å². The van der Waals surface area contributed by atoms with E-state index in [1.54, 1.807) is 0 Å². The van der Waals surface area contributed by atoms with E-state index in [0.29, 0.717) is 0 Å². The molecule has 0 saturated carbocycles. The molecule has 0 aromatic rings. The molecule has 1 saturated heterocycles. The highest BCUT2D eigenvalue weighted by atomic mass is 16.2. The van der Waals surface area contributed by atoms with E-state index in [1.165, 1.54) is 30.4 Å². The van der Waals surface area contributed by atoms with Gasteiger partial charge in [-0.2, -0.15) is 0 Å². The fourth-order valence-corrected chi connectivity index (χ4v) is 3.07. The van der Waals surface area contributed by atoms with Gasteiger partial charge in [-0.25, -0.2) is 0 Å². The van der Waals surface area contributed by atoms with Crippen LogP contribution in [0, 0.1) is 5.41 Å². The SMILES string of the molecule is CC1=C(C)[C@]2(CCCCNC2=O)CCC1. The molecule has 1 fully saturated rings. The first kappa shape index (κ1) is 10.7. The third kappa shape index (κ3) is 1.70. The summed E-state index contributed by atoms with van der Waals surface area (Å²) in [4.78, 5) is 12.2. The summed E-state index contributed by atoms with van der Waals surface area (Å²) in [5, 5.41) is 3.08. The summed E-state index contributed by atoms with van der Waals surface area (Å²) < 4.78 is 0. The fourth-order valence-electron chi connectivity index (χ4n) is 3.07. The zero-order valence-corrected chi connectivity index (χ0v) is 9.86. The number of allylic oxidation sites excluding steroid dienone is 1. The molecule has 84 valence electrons. The fraction of sp³-hybridized carbons (Fsp3) is 0.769. The number of hydrogen-bond donors (Lipinski definition) is 1. The molecule has 1 spiro atoms. The topological polar surface area (TPSA) is 29.1 Å². The van der Waals surface area contributed by atoms with Gasteiger partial charge in [0.2, 0.25) is 5.91 Å². The Balaban J connectivity index is 2.37. The van der Waals surface area contributed by atoms with Gasteiger partial charge in [0.15, 0.2) is 0 Å². The Morgan fingerprint density at radius 2 is 1.87 bits per heavy atom. The maximum atomic E-state index is 12.2. The first-order valence-electron chi connectivity index (χ1n) is 6.12. The number of carbonyl (C=O) groups is 1. The van der Waals surface area contributed by atoms with Crippen molar-refractivity contribution in [3.05, 3.63) is 11.1 Å². The molecule has 1 aliphatic heterocycles. The Bertz CT molecular complexity index is 306. The largest absolute Gasteiger partial charge is 0.355 e. The van der Waals surface area contributed by atoms with E-state index in [9.17, 15) is 4.79 Å². The van der Waals surface area contributed by atoms with Crippen molar-refractivity contribution in [3.63, 3.8) is 0 Å². The van der Waals surface area contributed by atoms with Crippen LogP contribution in [-0.2, 0) is 4.79 Å². The standard InChI is InChI=1S/C13H21NO/c1-10-6-5-8-13(11(10)2)7-3-4-9-14-12(13)15/h3-9H2,1-2H3,(H,14,15)/t13-/m0/s1. The third-order valence-electron chi connectivity index (χ3n) is 4.26. The molecular weight excluding hydrogens is 186 g/mol. The predicted octanol–water partition coefficient (Wildman–Crippen LogP) is 2.79. The highest BCUT2D eigenvalue weighted by Crippen LogP contribution is 2.45. The van der Waals surface area contributed by atoms with Crippen LogP contribution in [0.1, 0.15) is 52.4 Å². The van der Waals surface area contributed by atoms with Crippen LogP contribution >= 0.6 is 0 Å². The van der Waals surface area contributed by atoms with E-state index in [2.05, 4.69) is 19.2 Å². The van der Waals surface area contributed by atoms with Gasteiger partial charge in [0.1, 0.15) is 0 Å². The van der Waals surface area contributed by atoms with Crippen molar-refractivity contribution in [1.82, 2.24) is 5.32 Å². The van der Waals surface area contributed by atoms with Gasteiger partial charge in [-0.05, 0) is 46.0 Å². The van der Waals surface area contributed by atoms with Crippen molar-refractivity contribution in [1.29, 1.82) is 0 Å². The molecule has 0 bridgehead atoms. The lowest BCUT2D eigenvalue weighted by Gasteiger charge is -2.37. The first-order valence-corrected chi connectivity index (χ1v) is 6.12. The van der Waals surface area contributed by atoms with Gasteiger partial charge in [0.25, 0.3) is 0 Å². The van der Waals surface area contributed by atoms with Gasteiger partial charge in [-0.1, -0.05) is 17.6 Å². The summed E-state index contributed by atoms with van der Waals surface area (Å²) in [6.45, 7) is 5.22. The summed E-state index contributed by atoms with van der Waals surface area (Å²) in [5.41, 5.74) is 2.66. The van der Waals surface area contributed by atoms with Crippen molar-refractivity contribution in [2.75, 3.05) is 6.54 Å². The lowest BCUT2D eigenvalue weighted by atomic mass is 9.67. The molecule has 2 aliphatic rings. The van der Waals surface area contributed by atoms with E-state index in [0.717, 1.165) is 25.8 Å². The average Bonchev–Trinajstić information content (AvgIpc) is 2.39. The number of rotatable bonds is 0. The van der Waals surface area contributed by atoms with E-state index >= 15 is 0 Å². The van der Waals surface area contributed by atoms with Crippen LogP contribution in [0.3, 0.4) is 0 Å². The molecule has 1 heterocycles. The van der Waals surface area contributed by atoms with E-state index in [-0.39, 0.29) is 11.3 Å². The Hall–Kier alpha value is -0.790. The monoisotopic (exact) mass is 207 g/mol. The summed E-state index contributed by atoms with van der Waals surface area (Å²) in [5.74, 6) is 0.288. The lowest BCUT2D eigenvalue weighted by Crippen LogP contribution is -2.42. The van der Waals surface area contributed by atoms with Crippen molar-refractivity contribution in [2.24, 2.45) is 5.41 Å². The van der Waals surface area contributed by atoms with Gasteiger partial charge in [0.05, 0.1) is 5.41 Å². The summed E-state index contributed by atoms with van der Waals surface area (Å²) >= 11 is 0. The third-order valence-corrected chi connectivity index (χ3v) is 4.26. The quantitative estimate of drug-likeness (QED) is 0.608. The highest BCUT2D eigenvalue weighted by molar-refractivity contribution is 5.86. The highest BCUT2D eigenvalue weighted by Gasteiger charge is 2.42. The van der Waals surface area contributed by atoms with Crippen LogP contribution in [0.5, 0.6) is 0 Å².